The van der Waals surface area contributed by atoms with Crippen molar-refractivity contribution in [3.63, 3.8) is 0 Å². The molecule has 384 valence electrons. The van der Waals surface area contributed by atoms with E-state index in [4.69, 9.17) is 4.74 Å². The van der Waals surface area contributed by atoms with Gasteiger partial charge in [-0.1, -0.05) is 73.1 Å². The van der Waals surface area contributed by atoms with Crippen molar-refractivity contribution in [3.8, 4) is 5.75 Å². The predicted molar refractivity (Wildman–Crippen MR) is 271 cm³/mol. The van der Waals surface area contributed by atoms with Gasteiger partial charge in [0.1, 0.15) is 47.0 Å². The van der Waals surface area contributed by atoms with E-state index in [-0.39, 0.29) is 60.9 Å². The van der Waals surface area contributed by atoms with Crippen LogP contribution in [0.1, 0.15) is 104 Å². The highest BCUT2D eigenvalue weighted by atomic mass is 32.1. The minimum absolute atomic E-state index is 0.144. The molecule has 1 aromatic carbocycles. The summed E-state index contributed by atoms with van der Waals surface area (Å²) in [5.41, 5.74) is 0.809. The average Bonchev–Trinajstić information content (AvgIpc) is 4.03. The van der Waals surface area contributed by atoms with Crippen molar-refractivity contribution < 1.29 is 38.3 Å². The third-order valence-electron chi connectivity index (χ3n) is 13.7. The number of hydrogen-bond acceptors (Lipinski definition) is 10. The summed E-state index contributed by atoms with van der Waals surface area (Å²) in [6, 6.07) is 1.71. The summed E-state index contributed by atoms with van der Waals surface area (Å²) in [7, 11) is 11.1. The molecule has 3 rings (SSSR count). The van der Waals surface area contributed by atoms with Crippen LogP contribution >= 0.6 is 11.3 Å². The molecular formula is C52H82N8O8S. The fourth-order valence-corrected chi connectivity index (χ4v) is 10.1. The van der Waals surface area contributed by atoms with E-state index in [0.717, 1.165) is 29.8 Å². The highest BCUT2D eigenvalue weighted by molar-refractivity contribution is 7.09. The molecule has 2 aromatic rings. The van der Waals surface area contributed by atoms with E-state index in [1.54, 1.807) is 79.5 Å². The van der Waals surface area contributed by atoms with E-state index in [1.807, 2.05) is 72.1 Å². The van der Waals surface area contributed by atoms with E-state index in [0.29, 0.717) is 25.0 Å². The first kappa shape index (κ1) is 58.0. The van der Waals surface area contributed by atoms with E-state index in [9.17, 15) is 33.6 Å². The summed E-state index contributed by atoms with van der Waals surface area (Å²) in [4.78, 5) is 115. The van der Waals surface area contributed by atoms with Crippen molar-refractivity contribution in [2.24, 2.45) is 23.7 Å². The smallest absolute Gasteiger partial charge is 0.246 e. The molecule has 0 N–H and O–H groups in total. The molecule has 0 spiro atoms. The zero-order valence-electron chi connectivity index (χ0n) is 44.1. The highest BCUT2D eigenvalue weighted by Gasteiger charge is 2.46. The van der Waals surface area contributed by atoms with Crippen molar-refractivity contribution in [1.82, 2.24) is 39.3 Å². The summed E-state index contributed by atoms with van der Waals surface area (Å²) in [5, 5.41) is 2.59. The van der Waals surface area contributed by atoms with Crippen LogP contribution in [0.2, 0.25) is 0 Å². The van der Waals surface area contributed by atoms with E-state index in [1.165, 1.54) is 40.7 Å². The number of benzene rings is 1. The molecule has 1 aliphatic heterocycles. The van der Waals surface area contributed by atoms with E-state index >= 15 is 0 Å². The predicted octanol–water partition coefficient (Wildman–Crippen LogP) is 5.85. The summed E-state index contributed by atoms with van der Waals surface area (Å²) in [6.07, 6.45) is 8.01. The number of ether oxygens (including phenoxy) is 1. The number of carbonyl (C=O) groups excluding carboxylic acids is 7. The standard InChI is InChI=1S/C52H82N8O8S/c1-17-18-19-20-22-36(8)46(61)55(11)37(9)47(62)57(13)45(35(6)7)52(67)60-29-21-23-40(60)49(64)58(14)44(34(4)5)51(66)59(15)43(33(2)3)50(65)56(12)41(31-38-24-26-39(68-16)27-25-38)48(63)54(10)32-42-53-28-30-69-42/h17,24-28,30,33-37,40-41,43-45H,1,18-23,29,31-32H2,2-16H3/t36-,37+,40+,41+,43?,44+,45+/m1/s1. The van der Waals surface area contributed by atoms with Crippen molar-refractivity contribution in [1.29, 1.82) is 0 Å². The Balaban J connectivity index is 1.86. The van der Waals surface area contributed by atoms with E-state index < -0.39 is 59.9 Å². The molecule has 1 unspecified atom stereocenters. The van der Waals surface area contributed by atoms with Gasteiger partial charge in [-0.15, -0.1) is 17.9 Å². The number of methoxy groups -OCH3 is 1. The third-order valence-corrected chi connectivity index (χ3v) is 14.5. The lowest BCUT2D eigenvalue weighted by Crippen LogP contribution is -2.62. The first-order valence-corrected chi connectivity index (χ1v) is 25.3. The van der Waals surface area contributed by atoms with Gasteiger partial charge in [0.2, 0.25) is 41.4 Å². The number of carbonyl (C=O) groups is 7. The van der Waals surface area contributed by atoms with E-state index in [2.05, 4.69) is 11.6 Å². The van der Waals surface area contributed by atoms with Crippen LogP contribution in [0, 0.1) is 23.7 Å². The number of rotatable bonds is 25. The fraction of sp³-hybridized carbons (Fsp3) is 0.654. The molecule has 1 aromatic heterocycles. The van der Waals surface area contributed by atoms with Gasteiger partial charge in [-0.25, -0.2) is 4.98 Å². The number of aromatic nitrogens is 1. The van der Waals surface area contributed by atoms with Crippen molar-refractivity contribution in [2.75, 3.05) is 55.9 Å². The molecule has 1 aliphatic rings. The van der Waals surface area contributed by atoms with Gasteiger partial charge >= 0.3 is 0 Å². The molecule has 7 atom stereocenters. The highest BCUT2D eigenvalue weighted by Crippen LogP contribution is 2.28. The number of hydrogen-bond donors (Lipinski definition) is 0. The molecule has 16 nitrogen and oxygen atoms in total. The first-order valence-electron chi connectivity index (χ1n) is 24.4. The van der Waals surface area contributed by atoms with Crippen LogP contribution in [-0.4, -0.2) is 173 Å². The Morgan fingerprint density at radius 3 is 1.84 bits per heavy atom. The molecule has 0 radical (unpaired) electrons. The fourth-order valence-electron chi connectivity index (χ4n) is 9.47. The van der Waals surface area contributed by atoms with Crippen molar-refractivity contribution >= 4 is 52.7 Å². The Labute approximate surface area is 416 Å². The number of thiazole rings is 1. The largest absolute Gasteiger partial charge is 0.497 e. The van der Waals surface area contributed by atoms with Gasteiger partial charge in [0.05, 0.1) is 13.7 Å². The third kappa shape index (κ3) is 14.6. The molecule has 0 saturated carbocycles. The molecule has 0 bridgehead atoms. The van der Waals surface area contributed by atoms with Crippen LogP contribution in [0.25, 0.3) is 0 Å². The second-order valence-electron chi connectivity index (χ2n) is 19.8. The Morgan fingerprint density at radius 2 is 1.30 bits per heavy atom. The Kier molecular flexibility index (Phi) is 22.4. The van der Waals surface area contributed by atoms with Crippen molar-refractivity contribution in [2.45, 2.75) is 143 Å². The maximum absolute atomic E-state index is 14.8. The maximum Gasteiger partial charge on any atom is 0.246 e. The van der Waals surface area contributed by atoms with Gasteiger partial charge in [-0.05, 0) is 74.5 Å². The maximum atomic E-state index is 14.8. The molecule has 1 fully saturated rings. The molecule has 2 heterocycles. The quantitative estimate of drug-likeness (QED) is 0.0878. The van der Waals surface area contributed by atoms with Crippen LogP contribution < -0.4 is 4.74 Å². The zero-order chi connectivity index (χ0) is 52.0. The lowest BCUT2D eigenvalue weighted by atomic mass is 9.95. The van der Waals surface area contributed by atoms with Crippen LogP contribution in [-0.2, 0) is 46.5 Å². The van der Waals surface area contributed by atoms with Crippen LogP contribution in [0.3, 0.4) is 0 Å². The summed E-state index contributed by atoms with van der Waals surface area (Å²) < 4.78 is 5.35. The normalized spacial score (nSPS) is 16.3. The number of nitrogens with zero attached hydrogens (tertiary/aromatic N) is 8. The molecule has 17 heteroatoms. The van der Waals surface area contributed by atoms with Gasteiger partial charge in [-0.2, -0.15) is 0 Å². The lowest BCUT2D eigenvalue weighted by molar-refractivity contribution is -0.158. The first-order chi connectivity index (χ1) is 32.4. The van der Waals surface area contributed by atoms with Crippen molar-refractivity contribution in [3.05, 3.63) is 59.1 Å². The summed E-state index contributed by atoms with van der Waals surface area (Å²) in [6.45, 7) is 18.9. The second-order valence-corrected chi connectivity index (χ2v) is 20.8. The van der Waals surface area contributed by atoms with Gasteiger partial charge < -0.3 is 39.0 Å². The molecule has 0 aliphatic carbocycles. The zero-order valence-corrected chi connectivity index (χ0v) is 45.0. The Hall–Kier alpha value is -5.32. The van der Waals surface area contributed by atoms with Gasteiger partial charge in [0.25, 0.3) is 0 Å². The number of amides is 7. The van der Waals surface area contributed by atoms with Gasteiger partial charge in [0, 0.05) is 72.7 Å². The molecular weight excluding hydrogens is 897 g/mol. The number of likely N-dealkylation sites (N-methyl/N-ethyl adjacent to an activating group) is 6. The van der Waals surface area contributed by atoms with Gasteiger partial charge in [-0.3, -0.25) is 33.6 Å². The second kappa shape index (κ2) is 26.6. The van der Waals surface area contributed by atoms with Crippen LogP contribution in [0.5, 0.6) is 5.75 Å². The SMILES string of the molecule is C=CCCCC[C@@H](C)C(=O)N(C)[C@@H](C)C(=O)N(C)[C@H](C(=O)N1CCC[C@H]1C(=O)N(C)[C@H](C(=O)N(C)C(C(=O)N(C)[C@@H](Cc1ccc(OC)cc1)C(=O)N(C)Cc1nccs1)C(C)C)C(C)C)C(C)C. The van der Waals surface area contributed by atoms with Crippen LogP contribution in [0.15, 0.2) is 48.5 Å². The topological polar surface area (TPSA) is 164 Å². The monoisotopic (exact) mass is 979 g/mol. The van der Waals surface area contributed by atoms with Crippen LogP contribution in [0.4, 0.5) is 0 Å². The number of likely N-dealkylation sites (tertiary alicyclic amines) is 1. The minimum atomic E-state index is -1.01. The average molecular weight is 979 g/mol. The summed E-state index contributed by atoms with van der Waals surface area (Å²) >= 11 is 1.43. The molecule has 69 heavy (non-hydrogen) atoms. The number of allylic oxidation sites excluding steroid dienone is 1. The molecule has 7 amide bonds. The lowest BCUT2D eigenvalue weighted by Gasteiger charge is -2.41. The summed E-state index contributed by atoms with van der Waals surface area (Å²) in [5.74, 6) is -3.25. The Bertz CT molecular complexity index is 2040. The molecule has 1 saturated heterocycles. The number of unbranched alkanes of at least 4 members (excludes halogenated alkanes) is 2. The van der Waals surface area contributed by atoms with Gasteiger partial charge in [0.15, 0.2) is 0 Å². The minimum Gasteiger partial charge on any atom is -0.497 e. The Morgan fingerprint density at radius 1 is 0.739 bits per heavy atom.